The molecule has 102 valence electrons. The van der Waals surface area contributed by atoms with E-state index >= 15 is 0 Å². The van der Waals surface area contributed by atoms with Gasteiger partial charge in [0.2, 0.25) is 0 Å². The van der Waals surface area contributed by atoms with Gasteiger partial charge in [-0.3, -0.25) is 0 Å². The first-order chi connectivity index (χ1) is 8.98. The highest BCUT2D eigenvalue weighted by atomic mass is 16.4. The van der Waals surface area contributed by atoms with Gasteiger partial charge in [-0.2, -0.15) is 0 Å². The molecule has 0 bridgehead atoms. The minimum Gasteiger partial charge on any atom is -0.446 e. The molecule has 2 heterocycles. The zero-order valence-corrected chi connectivity index (χ0v) is 11.4. The maximum Gasteiger partial charge on any atom is 0.198 e. The first-order valence-electron chi connectivity index (χ1n) is 6.12. The van der Waals surface area contributed by atoms with Crippen LogP contribution in [0, 0.1) is 6.92 Å². The summed E-state index contributed by atoms with van der Waals surface area (Å²) in [6.45, 7) is 6.43. The molecule has 4 N–H and O–H groups in total. The number of nitrogens with two attached hydrogens (primary N) is 1. The standard InChI is InChI=1S/C13H19N5O/c1-9-4-5-12(19-9)17-10-6-11(16-8-15-10)18-13(2,3)7-14/h4-6,8H,7,14H2,1-3H3,(H2,15,16,17,18). The molecule has 6 heteroatoms. The predicted molar refractivity (Wildman–Crippen MR) is 75.5 cm³/mol. The Labute approximate surface area is 112 Å². The Hall–Kier alpha value is -2.08. The number of anilines is 3. The lowest BCUT2D eigenvalue weighted by Gasteiger charge is -2.24. The molecule has 6 nitrogen and oxygen atoms in total. The number of nitrogens with zero attached hydrogens (tertiary/aromatic N) is 2. The SMILES string of the molecule is Cc1ccc(Nc2cc(NC(C)(C)CN)ncn2)o1. The van der Waals surface area contributed by atoms with Crippen LogP contribution in [-0.4, -0.2) is 22.1 Å². The molecular weight excluding hydrogens is 242 g/mol. The van der Waals surface area contributed by atoms with E-state index in [0.29, 0.717) is 18.2 Å². The molecule has 0 unspecified atom stereocenters. The van der Waals surface area contributed by atoms with Crippen LogP contribution in [-0.2, 0) is 0 Å². The van der Waals surface area contributed by atoms with Crippen molar-refractivity contribution in [3.8, 4) is 0 Å². The predicted octanol–water partition coefficient (Wildman–Crippen LogP) is 2.27. The summed E-state index contributed by atoms with van der Waals surface area (Å²) in [5.74, 6) is 2.88. The molecule has 0 spiro atoms. The molecule has 0 amide bonds. The Bertz CT molecular complexity index is 549. The van der Waals surface area contributed by atoms with Gasteiger partial charge in [0, 0.05) is 24.2 Å². The number of nitrogens with one attached hydrogen (secondary N) is 2. The van der Waals surface area contributed by atoms with Crippen molar-refractivity contribution in [2.24, 2.45) is 5.73 Å². The third kappa shape index (κ3) is 3.69. The van der Waals surface area contributed by atoms with E-state index in [1.165, 1.54) is 6.33 Å². The minimum atomic E-state index is -0.215. The van der Waals surface area contributed by atoms with E-state index in [-0.39, 0.29) is 5.54 Å². The van der Waals surface area contributed by atoms with Gasteiger partial charge < -0.3 is 20.8 Å². The highest BCUT2D eigenvalue weighted by Crippen LogP contribution is 2.19. The van der Waals surface area contributed by atoms with E-state index < -0.39 is 0 Å². The summed E-state index contributed by atoms with van der Waals surface area (Å²) in [4.78, 5) is 8.32. The molecule has 0 aliphatic carbocycles. The Morgan fingerprint density at radius 3 is 2.63 bits per heavy atom. The molecule has 0 fully saturated rings. The summed E-state index contributed by atoms with van der Waals surface area (Å²) in [5.41, 5.74) is 5.47. The smallest absolute Gasteiger partial charge is 0.198 e. The van der Waals surface area contributed by atoms with Gasteiger partial charge in [-0.15, -0.1) is 0 Å². The number of rotatable bonds is 5. The van der Waals surface area contributed by atoms with Crippen molar-refractivity contribution in [1.82, 2.24) is 9.97 Å². The molecule has 2 aromatic rings. The largest absolute Gasteiger partial charge is 0.446 e. The van der Waals surface area contributed by atoms with Crippen molar-refractivity contribution in [3.63, 3.8) is 0 Å². The second kappa shape index (κ2) is 5.27. The lowest BCUT2D eigenvalue weighted by atomic mass is 10.1. The number of hydrogen-bond acceptors (Lipinski definition) is 6. The fourth-order valence-electron chi connectivity index (χ4n) is 1.52. The van der Waals surface area contributed by atoms with Crippen LogP contribution >= 0.6 is 0 Å². The van der Waals surface area contributed by atoms with E-state index in [0.717, 1.165) is 11.6 Å². The summed E-state index contributed by atoms with van der Waals surface area (Å²) >= 11 is 0. The van der Waals surface area contributed by atoms with Gasteiger partial charge in [0.05, 0.1) is 0 Å². The lowest BCUT2D eigenvalue weighted by Crippen LogP contribution is -2.39. The van der Waals surface area contributed by atoms with Gasteiger partial charge in [-0.1, -0.05) is 0 Å². The summed E-state index contributed by atoms with van der Waals surface area (Å²) in [7, 11) is 0. The van der Waals surface area contributed by atoms with Crippen molar-refractivity contribution in [2.45, 2.75) is 26.3 Å². The molecule has 0 saturated carbocycles. The Balaban J connectivity index is 2.11. The maximum absolute atomic E-state index is 5.68. The first kappa shape index (κ1) is 13.4. The van der Waals surface area contributed by atoms with E-state index in [1.807, 2.05) is 39.0 Å². The van der Waals surface area contributed by atoms with Crippen LogP contribution in [0.5, 0.6) is 0 Å². The third-order valence-corrected chi connectivity index (χ3v) is 2.64. The van der Waals surface area contributed by atoms with E-state index in [4.69, 9.17) is 10.2 Å². The fourth-order valence-corrected chi connectivity index (χ4v) is 1.52. The number of furan rings is 1. The molecule has 0 aromatic carbocycles. The molecule has 0 aliphatic rings. The second-order valence-corrected chi connectivity index (χ2v) is 5.04. The zero-order valence-electron chi connectivity index (χ0n) is 11.4. The van der Waals surface area contributed by atoms with E-state index in [1.54, 1.807) is 0 Å². The molecule has 0 radical (unpaired) electrons. The summed E-state index contributed by atoms with van der Waals surface area (Å²) in [6.07, 6.45) is 1.49. The number of hydrogen-bond donors (Lipinski definition) is 3. The molecule has 2 rings (SSSR count). The average Bonchev–Trinajstić information content (AvgIpc) is 2.75. The van der Waals surface area contributed by atoms with E-state index in [2.05, 4.69) is 20.6 Å². The maximum atomic E-state index is 5.68. The van der Waals surface area contributed by atoms with Crippen molar-refractivity contribution in [2.75, 3.05) is 17.2 Å². The topological polar surface area (TPSA) is 89.0 Å². The van der Waals surface area contributed by atoms with Crippen LogP contribution in [0.4, 0.5) is 17.5 Å². The monoisotopic (exact) mass is 261 g/mol. The molecule has 0 aliphatic heterocycles. The quantitative estimate of drug-likeness (QED) is 0.765. The van der Waals surface area contributed by atoms with Gasteiger partial charge >= 0.3 is 0 Å². The second-order valence-electron chi connectivity index (χ2n) is 5.04. The van der Waals surface area contributed by atoms with Gasteiger partial charge in [0.15, 0.2) is 5.88 Å². The average molecular weight is 261 g/mol. The highest BCUT2D eigenvalue weighted by molar-refractivity contribution is 5.55. The van der Waals surface area contributed by atoms with Gasteiger partial charge in [-0.25, -0.2) is 9.97 Å². The van der Waals surface area contributed by atoms with Crippen LogP contribution in [0.15, 0.2) is 28.9 Å². The van der Waals surface area contributed by atoms with Crippen LogP contribution in [0.1, 0.15) is 19.6 Å². The van der Waals surface area contributed by atoms with Crippen LogP contribution < -0.4 is 16.4 Å². The van der Waals surface area contributed by atoms with Crippen LogP contribution in [0.3, 0.4) is 0 Å². The molecule has 0 saturated heterocycles. The minimum absolute atomic E-state index is 0.215. The summed E-state index contributed by atoms with van der Waals surface area (Å²) < 4.78 is 5.44. The molecule has 2 aromatic heterocycles. The van der Waals surface area contributed by atoms with Crippen LogP contribution in [0.25, 0.3) is 0 Å². The van der Waals surface area contributed by atoms with Crippen molar-refractivity contribution < 1.29 is 4.42 Å². The van der Waals surface area contributed by atoms with Crippen molar-refractivity contribution in [1.29, 1.82) is 0 Å². The summed E-state index contributed by atoms with van der Waals surface area (Å²) in [6, 6.07) is 5.56. The molecule has 0 atom stereocenters. The number of aryl methyl sites for hydroxylation is 1. The van der Waals surface area contributed by atoms with Crippen LogP contribution in [0.2, 0.25) is 0 Å². The molecular formula is C13H19N5O. The summed E-state index contributed by atoms with van der Waals surface area (Å²) in [5, 5.41) is 6.33. The Kier molecular flexibility index (Phi) is 3.71. The van der Waals surface area contributed by atoms with Gasteiger partial charge in [-0.05, 0) is 26.8 Å². The Morgan fingerprint density at radius 1 is 1.26 bits per heavy atom. The molecule has 19 heavy (non-hydrogen) atoms. The fraction of sp³-hybridized carbons (Fsp3) is 0.385. The van der Waals surface area contributed by atoms with Gasteiger partial charge in [0.1, 0.15) is 23.7 Å². The third-order valence-electron chi connectivity index (χ3n) is 2.64. The lowest BCUT2D eigenvalue weighted by molar-refractivity contribution is 0.551. The number of aromatic nitrogens is 2. The van der Waals surface area contributed by atoms with E-state index in [9.17, 15) is 0 Å². The Morgan fingerprint density at radius 2 is 2.00 bits per heavy atom. The zero-order chi connectivity index (χ0) is 13.9. The highest BCUT2D eigenvalue weighted by Gasteiger charge is 2.15. The normalized spacial score (nSPS) is 11.4. The van der Waals surface area contributed by atoms with Crippen molar-refractivity contribution >= 4 is 17.5 Å². The van der Waals surface area contributed by atoms with Crippen molar-refractivity contribution in [3.05, 3.63) is 30.3 Å². The van der Waals surface area contributed by atoms with Gasteiger partial charge in [0.25, 0.3) is 0 Å². The first-order valence-corrected chi connectivity index (χ1v) is 6.12.